The number of carbonyl (C=O) groups excluding carboxylic acids is 1. The zero-order valence-electron chi connectivity index (χ0n) is 22.7. The average molecular weight is 528 g/mol. The summed E-state index contributed by atoms with van der Waals surface area (Å²) in [6.45, 7) is 10.8. The Morgan fingerprint density at radius 3 is 1.74 bits per heavy atom. The van der Waals surface area contributed by atoms with Crippen LogP contribution in [0.2, 0.25) is 0 Å². The van der Waals surface area contributed by atoms with Crippen molar-refractivity contribution in [3.63, 3.8) is 0 Å². The van der Waals surface area contributed by atoms with Gasteiger partial charge in [0.1, 0.15) is 5.75 Å². The van der Waals surface area contributed by atoms with E-state index in [9.17, 15) is 13.2 Å². The third-order valence-corrected chi connectivity index (χ3v) is 8.85. The average Bonchev–Trinajstić information content (AvgIpc) is 2.80. The second-order valence-corrected chi connectivity index (χ2v) is 13.7. The molecule has 1 aromatic rings. The molecule has 0 spiro atoms. The summed E-state index contributed by atoms with van der Waals surface area (Å²) < 4.78 is 33.3. The summed E-state index contributed by atoms with van der Waals surface area (Å²) >= 11 is 0. The van der Waals surface area contributed by atoms with Crippen LogP contribution in [-0.2, 0) is 18.6 Å². The van der Waals surface area contributed by atoms with E-state index in [4.69, 9.17) is 4.74 Å². The van der Waals surface area contributed by atoms with Gasteiger partial charge in [-0.25, -0.2) is 0 Å². The van der Waals surface area contributed by atoms with Crippen molar-refractivity contribution in [2.75, 3.05) is 17.1 Å². The van der Waals surface area contributed by atoms with Crippen LogP contribution in [0.1, 0.15) is 135 Å². The monoisotopic (exact) mass is 527 g/mol. The van der Waals surface area contributed by atoms with Gasteiger partial charge in [-0.3, -0.25) is 9.52 Å². The third-order valence-electron chi connectivity index (χ3n) is 6.19. The number of anilines is 1. The van der Waals surface area contributed by atoms with Crippen molar-refractivity contribution in [1.29, 1.82) is 0 Å². The van der Waals surface area contributed by atoms with E-state index in [0.29, 0.717) is 23.1 Å². The zero-order valence-corrected chi connectivity index (χ0v) is 24.4. The minimum absolute atomic E-state index is 0.178. The van der Waals surface area contributed by atoms with Crippen LogP contribution in [0.25, 0.3) is 0 Å². The lowest BCUT2D eigenvalue weighted by Gasteiger charge is -2.20. The fraction of sp³-hybridized carbons (Fsp3) is 0.750. The fourth-order valence-corrected chi connectivity index (χ4v) is 6.18. The van der Waals surface area contributed by atoms with E-state index in [2.05, 4.69) is 11.6 Å². The van der Waals surface area contributed by atoms with Gasteiger partial charge in [-0.05, 0) is 29.4 Å². The minimum atomic E-state index is -3.73. The van der Waals surface area contributed by atoms with Crippen molar-refractivity contribution < 1.29 is 17.9 Å². The van der Waals surface area contributed by atoms with Gasteiger partial charge in [0, 0.05) is 10.8 Å². The summed E-state index contributed by atoms with van der Waals surface area (Å²) in [5.41, 5.74) is 2.54. The van der Waals surface area contributed by atoms with Crippen LogP contribution >= 0.6 is 10.8 Å². The maximum absolute atomic E-state index is 12.7. The van der Waals surface area contributed by atoms with Crippen LogP contribution in [0.5, 0.6) is 0 Å². The first-order chi connectivity index (χ1) is 16.7. The molecule has 0 bridgehead atoms. The second-order valence-electron chi connectivity index (χ2n) is 10.0. The van der Waals surface area contributed by atoms with E-state index in [-0.39, 0.29) is 17.6 Å². The molecule has 0 atom stereocenters. The van der Waals surface area contributed by atoms with E-state index < -0.39 is 15.0 Å². The molecule has 0 amide bonds. The molecule has 1 rings (SSSR count). The molecule has 0 saturated heterocycles. The Morgan fingerprint density at radius 1 is 0.829 bits per heavy atom. The van der Waals surface area contributed by atoms with Crippen molar-refractivity contribution in [1.82, 2.24) is 0 Å². The largest absolute Gasteiger partial charge is 0.465 e. The van der Waals surface area contributed by atoms with Gasteiger partial charge in [-0.15, -0.1) is 0 Å². The highest BCUT2D eigenvalue weighted by atomic mass is 33.1. The number of hydrogen-bond acceptors (Lipinski definition) is 5. The van der Waals surface area contributed by atoms with Crippen LogP contribution in [-0.4, -0.2) is 26.7 Å². The van der Waals surface area contributed by atoms with Crippen LogP contribution < -0.4 is 4.72 Å². The third kappa shape index (κ3) is 14.2. The Balaban J connectivity index is 2.25. The highest BCUT2D eigenvalue weighted by Crippen LogP contribution is 2.34. The van der Waals surface area contributed by atoms with Crippen LogP contribution in [0.4, 0.5) is 5.69 Å². The van der Waals surface area contributed by atoms with Crippen LogP contribution in [0.3, 0.4) is 0 Å². The molecule has 202 valence electrons. The van der Waals surface area contributed by atoms with E-state index in [1.165, 1.54) is 57.8 Å². The highest BCUT2D eigenvalue weighted by molar-refractivity contribution is 8.72. The molecular weight excluding hydrogens is 478 g/mol. The number of ether oxygens (including phenoxy) is 1. The van der Waals surface area contributed by atoms with Crippen molar-refractivity contribution >= 4 is 31.5 Å². The van der Waals surface area contributed by atoms with Gasteiger partial charge in [-0.1, -0.05) is 123 Å². The van der Waals surface area contributed by atoms with Gasteiger partial charge in [0.15, 0.2) is 0 Å². The van der Waals surface area contributed by atoms with Crippen molar-refractivity contribution in [3.05, 3.63) is 29.3 Å². The van der Waals surface area contributed by atoms with Crippen LogP contribution in [0, 0.1) is 0 Å². The van der Waals surface area contributed by atoms with Crippen molar-refractivity contribution in [3.8, 4) is 0 Å². The first kappa shape index (κ1) is 31.8. The molecule has 0 heterocycles. The molecule has 0 saturated carbocycles. The summed E-state index contributed by atoms with van der Waals surface area (Å²) in [7, 11) is -3.14. The van der Waals surface area contributed by atoms with Crippen molar-refractivity contribution in [2.24, 2.45) is 0 Å². The molecule has 7 heteroatoms. The maximum Gasteiger partial charge on any atom is 0.317 e. The lowest BCUT2D eigenvalue weighted by molar-refractivity contribution is -0.140. The molecule has 0 aromatic heterocycles. The Bertz CT molecular complexity index is 796. The van der Waals surface area contributed by atoms with Gasteiger partial charge in [0.25, 0.3) is 9.06 Å². The molecule has 0 fully saturated rings. The summed E-state index contributed by atoms with van der Waals surface area (Å²) in [5, 5.41) is 0. The maximum atomic E-state index is 12.7. The zero-order chi connectivity index (χ0) is 26.1. The molecule has 0 aliphatic carbocycles. The van der Waals surface area contributed by atoms with E-state index >= 15 is 0 Å². The standard InChI is InChI=1S/C28H49NO4S2/c1-6-7-8-9-10-11-12-13-14-15-16-17-21-33-27(30)22-34-35(31,32)29-28-25(23(2)3)19-18-20-26(28)24(4)5/h18-20,23-24,29H,6-17,21-22H2,1-5H3. The van der Waals surface area contributed by atoms with Gasteiger partial charge < -0.3 is 4.74 Å². The number of benzene rings is 1. The Hall–Kier alpha value is -1.21. The summed E-state index contributed by atoms with van der Waals surface area (Å²) in [5.74, 6) is -0.340. The normalized spacial score (nSPS) is 11.9. The number of unbranched alkanes of at least 4 members (excludes halogenated alkanes) is 11. The SMILES string of the molecule is CCCCCCCCCCCCCCOC(=O)CSS(=O)(=O)Nc1c(C(C)C)cccc1C(C)C. The molecule has 0 radical (unpaired) electrons. The van der Waals surface area contributed by atoms with E-state index in [1.54, 1.807) is 0 Å². The van der Waals surface area contributed by atoms with Gasteiger partial charge in [-0.2, -0.15) is 8.42 Å². The van der Waals surface area contributed by atoms with Crippen LogP contribution in [0.15, 0.2) is 18.2 Å². The van der Waals surface area contributed by atoms with Crippen molar-refractivity contribution in [2.45, 2.75) is 124 Å². The molecular formula is C28H49NO4S2. The molecule has 5 nitrogen and oxygen atoms in total. The lowest BCUT2D eigenvalue weighted by atomic mass is 9.93. The molecule has 35 heavy (non-hydrogen) atoms. The first-order valence-electron chi connectivity index (χ1n) is 13.6. The fourth-order valence-electron chi connectivity index (χ4n) is 4.12. The predicted octanol–water partition coefficient (Wildman–Crippen LogP) is 8.57. The molecule has 0 aliphatic heterocycles. The summed E-state index contributed by atoms with van der Waals surface area (Å²) in [4.78, 5) is 12.1. The van der Waals surface area contributed by atoms with E-state index in [0.717, 1.165) is 30.4 Å². The summed E-state index contributed by atoms with van der Waals surface area (Å²) in [6, 6.07) is 5.85. The van der Waals surface area contributed by atoms with Gasteiger partial charge in [0.2, 0.25) is 0 Å². The Labute approximate surface area is 219 Å². The Morgan fingerprint density at radius 2 is 1.29 bits per heavy atom. The highest BCUT2D eigenvalue weighted by Gasteiger charge is 2.21. The smallest absolute Gasteiger partial charge is 0.317 e. The minimum Gasteiger partial charge on any atom is -0.465 e. The molecule has 0 aliphatic rings. The number of esters is 1. The Kier molecular flexibility index (Phi) is 16.5. The summed E-state index contributed by atoms with van der Waals surface area (Å²) in [6.07, 6.45) is 15.0. The number of carbonyl (C=O) groups is 1. The number of nitrogens with one attached hydrogen (secondary N) is 1. The number of hydrogen-bond donors (Lipinski definition) is 1. The van der Waals surface area contributed by atoms with E-state index in [1.807, 2.05) is 45.9 Å². The second kappa shape index (κ2) is 18.1. The lowest BCUT2D eigenvalue weighted by Crippen LogP contribution is -2.16. The quantitative estimate of drug-likeness (QED) is 0.104. The predicted molar refractivity (Wildman–Crippen MR) is 152 cm³/mol. The van der Waals surface area contributed by atoms with Gasteiger partial charge in [0.05, 0.1) is 12.3 Å². The topological polar surface area (TPSA) is 72.5 Å². The molecule has 0 unspecified atom stereocenters. The molecule has 1 aromatic carbocycles. The number of rotatable bonds is 20. The molecule has 1 N–H and O–H groups in total. The first-order valence-corrected chi connectivity index (χ1v) is 16.6. The van der Waals surface area contributed by atoms with Gasteiger partial charge >= 0.3 is 5.97 Å². The number of para-hydroxylation sites is 1.